The van der Waals surface area contributed by atoms with E-state index in [1.165, 1.54) is 64.2 Å². The topological polar surface area (TPSA) is 210 Å². The summed E-state index contributed by atoms with van der Waals surface area (Å²) < 4.78 is 33.4. The molecule has 1 rings (SSSR count). The summed E-state index contributed by atoms with van der Waals surface area (Å²) in [6.07, 6.45) is 27.4. The van der Waals surface area contributed by atoms with Gasteiger partial charge >= 0.3 is 19.8 Å². The molecule has 6 unspecified atom stereocenters. The summed E-state index contributed by atoms with van der Waals surface area (Å²) in [4.78, 5) is 35.6. The van der Waals surface area contributed by atoms with Gasteiger partial charge in [-0.1, -0.05) is 146 Å². The average molecular weight is 859 g/mol. The Morgan fingerprint density at radius 3 is 1.42 bits per heavy atom. The summed E-state index contributed by atoms with van der Waals surface area (Å²) in [5, 5.41) is 50.1. The predicted molar refractivity (Wildman–Crippen MR) is 230 cm³/mol. The molecule has 0 radical (unpaired) electrons. The first-order chi connectivity index (χ1) is 28.4. The third-order valence-electron chi connectivity index (χ3n) is 10.2. The van der Waals surface area contributed by atoms with Crippen molar-refractivity contribution in [3.8, 4) is 0 Å². The Morgan fingerprint density at radius 1 is 0.525 bits per heavy atom. The molecule has 342 valence electrons. The molecule has 14 heteroatoms. The maximum absolute atomic E-state index is 12.8. The van der Waals surface area contributed by atoms with E-state index in [2.05, 4.69) is 62.5 Å². The molecular weight excluding hydrogens is 779 g/mol. The van der Waals surface area contributed by atoms with Gasteiger partial charge < -0.3 is 39.9 Å². The molecule has 6 N–H and O–H groups in total. The fourth-order valence-electron chi connectivity index (χ4n) is 6.50. The van der Waals surface area contributed by atoms with Crippen LogP contribution in [0.25, 0.3) is 0 Å². The molecule has 0 spiro atoms. The van der Waals surface area contributed by atoms with E-state index < -0.39 is 75.7 Å². The Balaban J connectivity index is 2.50. The van der Waals surface area contributed by atoms with Crippen molar-refractivity contribution in [2.75, 3.05) is 13.2 Å². The highest BCUT2D eigenvalue weighted by atomic mass is 31.2. The lowest BCUT2D eigenvalue weighted by molar-refractivity contribution is -0.220. The molecule has 0 aromatic rings. The fourth-order valence-corrected chi connectivity index (χ4v) is 7.48. The van der Waals surface area contributed by atoms with Crippen molar-refractivity contribution >= 4 is 19.8 Å². The third-order valence-corrected chi connectivity index (χ3v) is 11.2. The number of rotatable bonds is 36. The van der Waals surface area contributed by atoms with Crippen LogP contribution in [0.1, 0.15) is 168 Å². The Hall–Kier alpha value is -2.19. The number of phosphoric acid groups is 1. The van der Waals surface area contributed by atoms with Crippen LogP contribution in [0, 0.1) is 0 Å². The summed E-state index contributed by atoms with van der Waals surface area (Å²) in [5.41, 5.74) is 0. The van der Waals surface area contributed by atoms with Crippen LogP contribution < -0.4 is 0 Å². The lowest BCUT2D eigenvalue weighted by Gasteiger charge is -2.41. The second kappa shape index (κ2) is 35.4. The van der Waals surface area contributed by atoms with E-state index in [0.29, 0.717) is 12.8 Å². The van der Waals surface area contributed by atoms with E-state index in [-0.39, 0.29) is 12.8 Å². The van der Waals surface area contributed by atoms with Gasteiger partial charge in [-0.15, -0.1) is 0 Å². The number of ether oxygens (including phenoxy) is 2. The van der Waals surface area contributed by atoms with Gasteiger partial charge in [0.1, 0.15) is 43.2 Å². The monoisotopic (exact) mass is 859 g/mol. The molecule has 1 fully saturated rings. The summed E-state index contributed by atoms with van der Waals surface area (Å²) >= 11 is 0. The Labute approximate surface area is 354 Å². The lowest BCUT2D eigenvalue weighted by Crippen LogP contribution is -2.64. The second-order valence-electron chi connectivity index (χ2n) is 15.6. The SMILES string of the molecule is CCCCC/C=C/C/C=C/C/C=C/C/C=C/CCCCCC(=O)O[C@H](COC(=O)CCCCCCCCCCCCC)COP(=O)(O)OC1C(O)C(O)C(O)[C@H](O)C1O. The van der Waals surface area contributed by atoms with Crippen LogP contribution in [0.5, 0.6) is 0 Å². The van der Waals surface area contributed by atoms with Gasteiger partial charge in [-0.3, -0.25) is 18.6 Å². The minimum atomic E-state index is -5.12. The molecule has 0 amide bonds. The van der Waals surface area contributed by atoms with Crippen molar-refractivity contribution in [2.24, 2.45) is 0 Å². The lowest BCUT2D eigenvalue weighted by atomic mass is 9.85. The van der Waals surface area contributed by atoms with Crippen LogP contribution in [0.15, 0.2) is 48.6 Å². The molecule has 59 heavy (non-hydrogen) atoms. The smallest absolute Gasteiger partial charge is 0.462 e. The van der Waals surface area contributed by atoms with Gasteiger partial charge in [0, 0.05) is 12.8 Å². The van der Waals surface area contributed by atoms with Crippen LogP contribution >= 0.6 is 7.82 Å². The number of hydrogen-bond donors (Lipinski definition) is 6. The highest BCUT2D eigenvalue weighted by molar-refractivity contribution is 7.47. The number of phosphoric ester groups is 1. The second-order valence-corrected chi connectivity index (χ2v) is 17.0. The zero-order chi connectivity index (χ0) is 43.6. The Morgan fingerprint density at radius 2 is 0.915 bits per heavy atom. The van der Waals surface area contributed by atoms with Crippen molar-refractivity contribution < 1.29 is 63.1 Å². The number of aliphatic hydroxyl groups is 5. The van der Waals surface area contributed by atoms with Crippen LogP contribution in [-0.2, 0) is 32.7 Å². The number of esters is 2. The van der Waals surface area contributed by atoms with Crippen molar-refractivity contribution in [3.63, 3.8) is 0 Å². The fraction of sp³-hybridized carbons (Fsp3) is 0.778. The predicted octanol–water partition coefficient (Wildman–Crippen LogP) is 8.39. The van der Waals surface area contributed by atoms with E-state index >= 15 is 0 Å². The number of aliphatic hydroxyl groups excluding tert-OH is 5. The van der Waals surface area contributed by atoms with Crippen molar-refractivity contribution in [3.05, 3.63) is 48.6 Å². The zero-order valence-electron chi connectivity index (χ0n) is 36.0. The molecule has 1 aliphatic rings. The molecular formula is C45H79O13P. The summed E-state index contributed by atoms with van der Waals surface area (Å²) in [6.45, 7) is 3.22. The van der Waals surface area contributed by atoms with Crippen molar-refractivity contribution in [1.82, 2.24) is 0 Å². The molecule has 8 atom stereocenters. The Kier molecular flexibility index (Phi) is 32.9. The molecule has 0 aromatic heterocycles. The third kappa shape index (κ3) is 28.1. The van der Waals surface area contributed by atoms with E-state index in [0.717, 1.165) is 64.2 Å². The van der Waals surface area contributed by atoms with Gasteiger partial charge in [0.05, 0.1) is 6.61 Å². The summed E-state index contributed by atoms with van der Waals surface area (Å²) in [5.74, 6) is -1.14. The highest BCUT2D eigenvalue weighted by Crippen LogP contribution is 2.47. The first-order valence-corrected chi connectivity index (χ1v) is 23.9. The summed E-state index contributed by atoms with van der Waals surface area (Å²) in [6, 6.07) is 0. The van der Waals surface area contributed by atoms with E-state index in [4.69, 9.17) is 18.5 Å². The summed E-state index contributed by atoms with van der Waals surface area (Å²) in [7, 11) is -5.12. The van der Waals surface area contributed by atoms with Gasteiger partial charge in [-0.2, -0.15) is 0 Å². The molecule has 0 aromatic carbocycles. The van der Waals surface area contributed by atoms with Crippen molar-refractivity contribution in [2.45, 2.75) is 211 Å². The molecule has 0 bridgehead atoms. The number of carbonyl (C=O) groups is 2. The Bertz CT molecular complexity index is 1220. The maximum atomic E-state index is 12.8. The van der Waals surface area contributed by atoms with Crippen LogP contribution in [0.2, 0.25) is 0 Å². The first-order valence-electron chi connectivity index (χ1n) is 22.4. The largest absolute Gasteiger partial charge is 0.472 e. The van der Waals surface area contributed by atoms with Gasteiger partial charge in [-0.05, 0) is 57.8 Å². The zero-order valence-corrected chi connectivity index (χ0v) is 36.9. The molecule has 1 saturated carbocycles. The standard InChI is InChI=1S/C45H79O13P/c1-3-5-7-9-11-13-15-16-17-18-19-20-21-22-24-26-28-30-32-34-39(47)57-37(35-55-38(46)33-31-29-27-25-23-14-12-10-8-6-4-2)36-56-59(53,54)58-45-43(51)41(49)40(48)42(50)44(45)52/h11,13,16-17,19-20,22,24,37,40-45,48-52H,3-10,12,14-15,18,21,23,25-36H2,1-2H3,(H,53,54)/b13-11+,17-16+,20-19+,24-22+/t37-,40?,41+,42?,43?,44?,45?/m1/s1. The van der Waals surface area contributed by atoms with Crippen LogP contribution in [0.3, 0.4) is 0 Å². The van der Waals surface area contributed by atoms with Crippen LogP contribution in [-0.4, -0.2) is 98.3 Å². The van der Waals surface area contributed by atoms with E-state index in [9.17, 15) is 44.6 Å². The van der Waals surface area contributed by atoms with Gasteiger partial charge in [0.25, 0.3) is 0 Å². The minimum Gasteiger partial charge on any atom is -0.462 e. The van der Waals surface area contributed by atoms with Crippen LogP contribution in [0.4, 0.5) is 0 Å². The first kappa shape index (κ1) is 54.8. The molecule has 0 aliphatic heterocycles. The van der Waals surface area contributed by atoms with E-state index in [1.807, 2.05) is 0 Å². The molecule has 1 aliphatic carbocycles. The van der Waals surface area contributed by atoms with Crippen molar-refractivity contribution in [1.29, 1.82) is 0 Å². The average Bonchev–Trinajstić information content (AvgIpc) is 3.21. The quantitative estimate of drug-likeness (QED) is 0.0152. The van der Waals surface area contributed by atoms with Gasteiger partial charge in [-0.25, -0.2) is 4.57 Å². The maximum Gasteiger partial charge on any atom is 0.472 e. The molecule has 13 nitrogen and oxygen atoms in total. The number of allylic oxidation sites excluding steroid dienone is 8. The van der Waals surface area contributed by atoms with Gasteiger partial charge in [0.15, 0.2) is 6.10 Å². The highest BCUT2D eigenvalue weighted by Gasteiger charge is 2.51. The number of hydrogen-bond acceptors (Lipinski definition) is 12. The minimum absolute atomic E-state index is 0.0592. The molecule has 0 heterocycles. The molecule has 0 saturated heterocycles. The van der Waals surface area contributed by atoms with Gasteiger partial charge in [0.2, 0.25) is 0 Å². The number of carbonyl (C=O) groups excluding carboxylic acids is 2. The number of unbranched alkanes of at least 4 members (excludes halogenated alkanes) is 16. The normalized spacial score (nSPS) is 22.8. The van der Waals surface area contributed by atoms with E-state index in [1.54, 1.807) is 0 Å².